The van der Waals surface area contributed by atoms with Crippen LogP contribution in [0.25, 0.3) is 0 Å². The maximum Gasteiger partial charge on any atom is 0.223 e. The standard InChI is InChI=1S/C23H30N4O2/c1-26(2)22-20(9-6-14-24-22)17-25-23(29)19-12-15-27(16-13-19)21(28)11-10-18-7-4-3-5-8-18/h3-9,14,19H,10-13,15-17H2,1-2H3,(H,25,29). The molecule has 1 aliphatic rings. The number of carbonyl (C=O) groups excluding carboxylic acids is 2. The van der Waals surface area contributed by atoms with E-state index in [1.54, 1.807) is 6.20 Å². The summed E-state index contributed by atoms with van der Waals surface area (Å²) in [5.41, 5.74) is 2.18. The van der Waals surface area contributed by atoms with Crippen molar-refractivity contribution in [3.63, 3.8) is 0 Å². The topological polar surface area (TPSA) is 65.5 Å². The van der Waals surface area contributed by atoms with Crippen molar-refractivity contribution < 1.29 is 9.59 Å². The Morgan fingerprint density at radius 1 is 1.10 bits per heavy atom. The van der Waals surface area contributed by atoms with Crippen molar-refractivity contribution in [2.24, 2.45) is 5.92 Å². The Balaban J connectivity index is 1.43. The fourth-order valence-electron chi connectivity index (χ4n) is 3.74. The van der Waals surface area contributed by atoms with Gasteiger partial charge in [0.25, 0.3) is 0 Å². The average Bonchev–Trinajstić information content (AvgIpc) is 2.76. The predicted octanol–water partition coefficient (Wildman–Crippen LogP) is 2.64. The van der Waals surface area contributed by atoms with E-state index in [0.29, 0.717) is 26.1 Å². The van der Waals surface area contributed by atoms with Crippen molar-refractivity contribution in [3.05, 3.63) is 59.8 Å². The number of anilines is 1. The van der Waals surface area contributed by atoms with Gasteiger partial charge in [0.15, 0.2) is 0 Å². The third-order valence-electron chi connectivity index (χ3n) is 5.43. The summed E-state index contributed by atoms with van der Waals surface area (Å²) in [5, 5.41) is 3.05. The van der Waals surface area contributed by atoms with Crippen LogP contribution in [0.4, 0.5) is 5.82 Å². The number of pyridine rings is 1. The van der Waals surface area contributed by atoms with Crippen LogP contribution in [-0.4, -0.2) is 48.9 Å². The third kappa shape index (κ3) is 5.79. The zero-order chi connectivity index (χ0) is 20.6. The van der Waals surface area contributed by atoms with E-state index in [1.165, 1.54) is 5.56 Å². The van der Waals surface area contributed by atoms with E-state index in [-0.39, 0.29) is 17.7 Å². The molecule has 154 valence electrons. The molecule has 0 radical (unpaired) electrons. The second-order valence-electron chi connectivity index (χ2n) is 7.74. The summed E-state index contributed by atoms with van der Waals surface area (Å²) in [6.07, 6.45) is 4.48. The number of likely N-dealkylation sites (tertiary alicyclic amines) is 1. The van der Waals surface area contributed by atoms with Gasteiger partial charge in [-0.15, -0.1) is 0 Å². The monoisotopic (exact) mass is 394 g/mol. The minimum Gasteiger partial charge on any atom is -0.362 e. The van der Waals surface area contributed by atoms with Gasteiger partial charge in [-0.1, -0.05) is 36.4 Å². The lowest BCUT2D eigenvalue weighted by atomic mass is 9.95. The van der Waals surface area contributed by atoms with Gasteiger partial charge in [0.05, 0.1) is 0 Å². The molecule has 1 aliphatic heterocycles. The molecule has 1 fully saturated rings. The van der Waals surface area contributed by atoms with Crippen LogP contribution in [0.1, 0.15) is 30.4 Å². The second-order valence-corrected chi connectivity index (χ2v) is 7.74. The molecular formula is C23H30N4O2. The lowest BCUT2D eigenvalue weighted by molar-refractivity contribution is -0.135. The molecule has 0 saturated carbocycles. The molecule has 2 heterocycles. The van der Waals surface area contributed by atoms with E-state index in [1.807, 2.05) is 66.4 Å². The van der Waals surface area contributed by atoms with Gasteiger partial charge in [-0.3, -0.25) is 9.59 Å². The highest BCUT2D eigenvalue weighted by Gasteiger charge is 2.27. The highest BCUT2D eigenvalue weighted by Crippen LogP contribution is 2.20. The third-order valence-corrected chi connectivity index (χ3v) is 5.43. The zero-order valence-corrected chi connectivity index (χ0v) is 17.3. The van der Waals surface area contributed by atoms with Crippen LogP contribution in [-0.2, 0) is 22.6 Å². The van der Waals surface area contributed by atoms with Gasteiger partial charge in [0.2, 0.25) is 11.8 Å². The number of benzene rings is 1. The Morgan fingerprint density at radius 3 is 2.52 bits per heavy atom. The van der Waals surface area contributed by atoms with Crippen molar-refractivity contribution in [1.82, 2.24) is 15.2 Å². The van der Waals surface area contributed by atoms with Crippen LogP contribution in [0.3, 0.4) is 0 Å². The predicted molar refractivity (Wildman–Crippen MR) is 114 cm³/mol. The van der Waals surface area contributed by atoms with Crippen LogP contribution in [0.2, 0.25) is 0 Å². The molecule has 6 nitrogen and oxygen atoms in total. The highest BCUT2D eigenvalue weighted by molar-refractivity contribution is 5.80. The zero-order valence-electron chi connectivity index (χ0n) is 17.3. The van der Waals surface area contributed by atoms with Gasteiger partial charge in [0, 0.05) is 57.8 Å². The van der Waals surface area contributed by atoms with Crippen LogP contribution < -0.4 is 10.2 Å². The fraction of sp³-hybridized carbons (Fsp3) is 0.435. The molecule has 1 aromatic carbocycles. The molecule has 6 heteroatoms. The molecule has 2 aromatic rings. The summed E-state index contributed by atoms with van der Waals surface area (Å²) >= 11 is 0. The van der Waals surface area contributed by atoms with Gasteiger partial charge in [-0.05, 0) is 30.9 Å². The molecule has 2 amide bonds. The fourth-order valence-corrected chi connectivity index (χ4v) is 3.74. The SMILES string of the molecule is CN(C)c1ncccc1CNC(=O)C1CCN(C(=O)CCc2ccccc2)CC1. The number of hydrogen-bond donors (Lipinski definition) is 1. The van der Waals surface area contributed by atoms with Gasteiger partial charge in [0.1, 0.15) is 5.82 Å². The van der Waals surface area contributed by atoms with Crippen LogP contribution >= 0.6 is 0 Å². The number of amides is 2. The van der Waals surface area contributed by atoms with Crippen molar-refractivity contribution in [2.75, 3.05) is 32.1 Å². The van der Waals surface area contributed by atoms with Crippen molar-refractivity contribution >= 4 is 17.6 Å². The molecule has 0 aliphatic carbocycles. The van der Waals surface area contributed by atoms with Gasteiger partial charge in [-0.25, -0.2) is 4.98 Å². The van der Waals surface area contributed by atoms with E-state index in [4.69, 9.17) is 0 Å². The van der Waals surface area contributed by atoms with Crippen LogP contribution in [0.5, 0.6) is 0 Å². The Hall–Kier alpha value is -2.89. The van der Waals surface area contributed by atoms with Crippen molar-refractivity contribution in [2.45, 2.75) is 32.2 Å². The molecule has 3 rings (SSSR count). The number of aromatic nitrogens is 1. The summed E-state index contributed by atoms with van der Waals surface area (Å²) in [6.45, 7) is 1.78. The van der Waals surface area contributed by atoms with E-state index in [9.17, 15) is 9.59 Å². The first-order chi connectivity index (χ1) is 14.0. The molecule has 1 aromatic heterocycles. The van der Waals surface area contributed by atoms with Crippen molar-refractivity contribution in [1.29, 1.82) is 0 Å². The lowest BCUT2D eigenvalue weighted by Gasteiger charge is -2.31. The number of hydrogen-bond acceptors (Lipinski definition) is 4. The average molecular weight is 395 g/mol. The summed E-state index contributed by atoms with van der Waals surface area (Å²) in [6, 6.07) is 13.9. The van der Waals surface area contributed by atoms with Gasteiger partial charge < -0.3 is 15.1 Å². The molecule has 1 N–H and O–H groups in total. The number of nitrogens with zero attached hydrogens (tertiary/aromatic N) is 3. The van der Waals surface area contributed by atoms with Gasteiger partial charge in [-0.2, -0.15) is 0 Å². The summed E-state index contributed by atoms with van der Waals surface area (Å²) in [5.74, 6) is 1.08. The maximum absolute atomic E-state index is 12.6. The molecule has 29 heavy (non-hydrogen) atoms. The quantitative estimate of drug-likeness (QED) is 0.784. The van der Waals surface area contributed by atoms with Crippen LogP contribution in [0.15, 0.2) is 48.7 Å². The molecule has 1 saturated heterocycles. The number of piperidine rings is 1. The van der Waals surface area contributed by atoms with E-state index in [2.05, 4.69) is 10.3 Å². The van der Waals surface area contributed by atoms with Gasteiger partial charge >= 0.3 is 0 Å². The molecular weight excluding hydrogens is 364 g/mol. The maximum atomic E-state index is 12.6. The first-order valence-corrected chi connectivity index (χ1v) is 10.2. The summed E-state index contributed by atoms with van der Waals surface area (Å²) in [7, 11) is 3.89. The number of rotatable bonds is 7. The normalized spacial score (nSPS) is 14.5. The Labute approximate surface area is 172 Å². The lowest BCUT2D eigenvalue weighted by Crippen LogP contribution is -2.43. The molecule has 0 spiro atoms. The first kappa shape index (κ1) is 20.8. The highest BCUT2D eigenvalue weighted by atomic mass is 16.2. The largest absolute Gasteiger partial charge is 0.362 e. The van der Waals surface area contributed by atoms with E-state index < -0.39 is 0 Å². The minimum atomic E-state index is -0.0346. The molecule has 0 unspecified atom stereocenters. The number of carbonyl (C=O) groups is 2. The number of aryl methyl sites for hydroxylation is 1. The van der Waals surface area contributed by atoms with Crippen LogP contribution in [0, 0.1) is 5.92 Å². The minimum absolute atomic E-state index is 0.0346. The van der Waals surface area contributed by atoms with Crippen molar-refractivity contribution in [3.8, 4) is 0 Å². The number of nitrogens with one attached hydrogen (secondary N) is 1. The summed E-state index contributed by atoms with van der Waals surface area (Å²) < 4.78 is 0. The smallest absolute Gasteiger partial charge is 0.223 e. The summed E-state index contributed by atoms with van der Waals surface area (Å²) in [4.78, 5) is 33.3. The molecule has 0 atom stereocenters. The van der Waals surface area contributed by atoms with E-state index >= 15 is 0 Å². The Kier molecular flexibility index (Phi) is 7.22. The first-order valence-electron chi connectivity index (χ1n) is 10.2. The van der Waals surface area contributed by atoms with E-state index in [0.717, 1.165) is 30.6 Å². The Morgan fingerprint density at radius 2 is 1.83 bits per heavy atom. The molecule has 0 bridgehead atoms. The second kappa shape index (κ2) is 10.0. The Bertz CT molecular complexity index is 815.